The fraction of sp³-hybridized carbons (Fsp3) is 0.261. The lowest BCUT2D eigenvalue weighted by molar-refractivity contribution is 0.319. The minimum atomic E-state index is -3.91. The number of nitrogens with zero attached hydrogens (tertiary/aromatic N) is 2. The number of halogens is 1. The van der Waals surface area contributed by atoms with Crippen LogP contribution in [0.2, 0.25) is 0 Å². The van der Waals surface area contributed by atoms with Crippen LogP contribution in [0, 0.1) is 0 Å². The summed E-state index contributed by atoms with van der Waals surface area (Å²) >= 11 is 5.73. The number of benzene rings is 2. The van der Waals surface area contributed by atoms with Gasteiger partial charge in [-0.3, -0.25) is 4.72 Å². The van der Waals surface area contributed by atoms with E-state index in [1.165, 1.54) is 14.2 Å². The molecule has 0 saturated carbocycles. The second kappa shape index (κ2) is 9.36. The van der Waals surface area contributed by atoms with Crippen LogP contribution in [0.3, 0.4) is 0 Å². The highest BCUT2D eigenvalue weighted by molar-refractivity contribution is 7.92. The first-order chi connectivity index (χ1) is 15.9. The summed E-state index contributed by atoms with van der Waals surface area (Å²) in [5.41, 5.74) is 2.09. The van der Waals surface area contributed by atoms with E-state index in [0.717, 1.165) is 28.2 Å². The van der Waals surface area contributed by atoms with Gasteiger partial charge in [0.2, 0.25) is 11.8 Å². The number of alkyl halides is 1. The molecule has 33 heavy (non-hydrogen) atoms. The maximum absolute atomic E-state index is 13.2. The molecule has 0 aliphatic carbocycles. The van der Waals surface area contributed by atoms with Gasteiger partial charge in [-0.1, -0.05) is 0 Å². The van der Waals surface area contributed by atoms with E-state index in [1.54, 1.807) is 30.3 Å². The van der Waals surface area contributed by atoms with E-state index in [9.17, 15) is 8.42 Å². The summed E-state index contributed by atoms with van der Waals surface area (Å²) in [4.78, 5) is 4.24. The van der Waals surface area contributed by atoms with E-state index in [-0.39, 0.29) is 16.5 Å². The number of aryl methyl sites for hydroxylation is 1. The Morgan fingerprint density at radius 2 is 1.73 bits per heavy atom. The molecule has 2 heterocycles. The quantitative estimate of drug-likeness (QED) is 0.274. The SMILES string of the molecule is COc1ccc(NS(=O)(=O)c2ccc3c(c2)c2cc(OCCCCl)ccc2n3C)c(OC)n1. The van der Waals surface area contributed by atoms with Gasteiger partial charge in [-0.2, -0.15) is 4.98 Å². The van der Waals surface area contributed by atoms with E-state index in [0.29, 0.717) is 24.1 Å². The molecular formula is C23H24ClN3O5S. The molecule has 174 valence electrons. The number of ether oxygens (including phenoxy) is 3. The highest BCUT2D eigenvalue weighted by Crippen LogP contribution is 2.34. The van der Waals surface area contributed by atoms with Crippen molar-refractivity contribution in [3.63, 3.8) is 0 Å². The fourth-order valence-electron chi connectivity index (χ4n) is 3.65. The zero-order valence-corrected chi connectivity index (χ0v) is 20.0. The Balaban J connectivity index is 1.74. The van der Waals surface area contributed by atoms with Gasteiger partial charge >= 0.3 is 0 Å². The fourth-order valence-corrected chi connectivity index (χ4v) is 4.84. The Labute approximate surface area is 197 Å². The second-order valence-electron chi connectivity index (χ2n) is 7.32. The third kappa shape index (κ3) is 4.51. The molecule has 0 spiro atoms. The Kier molecular flexibility index (Phi) is 6.53. The number of sulfonamides is 1. The molecule has 0 fully saturated rings. The van der Waals surface area contributed by atoms with Gasteiger partial charge in [0.25, 0.3) is 10.0 Å². The summed E-state index contributed by atoms with van der Waals surface area (Å²) in [7, 11) is 0.916. The van der Waals surface area contributed by atoms with Crippen molar-refractivity contribution >= 4 is 49.1 Å². The van der Waals surface area contributed by atoms with E-state index in [1.807, 2.05) is 29.8 Å². The average molecular weight is 490 g/mol. The molecule has 0 amide bonds. The zero-order chi connectivity index (χ0) is 23.6. The first-order valence-electron chi connectivity index (χ1n) is 10.2. The van der Waals surface area contributed by atoms with Crippen molar-refractivity contribution < 1.29 is 22.6 Å². The van der Waals surface area contributed by atoms with Crippen LogP contribution in [0.15, 0.2) is 53.4 Å². The largest absolute Gasteiger partial charge is 0.494 e. The summed E-state index contributed by atoms with van der Waals surface area (Å²) in [5.74, 6) is 1.67. The molecule has 0 unspecified atom stereocenters. The number of pyridine rings is 1. The Hall–Kier alpha value is -3.17. The van der Waals surface area contributed by atoms with Crippen LogP contribution in [0.4, 0.5) is 5.69 Å². The van der Waals surface area contributed by atoms with Gasteiger partial charge in [0, 0.05) is 40.8 Å². The molecule has 0 radical (unpaired) electrons. The third-order valence-corrected chi connectivity index (χ3v) is 6.92. The molecule has 2 aromatic carbocycles. The number of rotatable bonds is 9. The standard InChI is InChI=1S/C23H24ClN3O5S/c1-27-20-8-5-15(32-12-4-11-24)13-17(20)18-14-16(6-9-21(18)27)33(28,29)26-19-7-10-22(30-2)25-23(19)31-3/h5-10,13-14,26H,4,11-12H2,1-3H3. The van der Waals surface area contributed by atoms with Crippen molar-refractivity contribution in [2.75, 3.05) is 31.4 Å². The van der Waals surface area contributed by atoms with Crippen LogP contribution < -0.4 is 18.9 Å². The molecule has 4 aromatic rings. The summed E-state index contributed by atoms with van der Waals surface area (Å²) in [6.45, 7) is 0.515. The van der Waals surface area contributed by atoms with Crippen molar-refractivity contribution in [2.24, 2.45) is 7.05 Å². The van der Waals surface area contributed by atoms with Gasteiger partial charge in [-0.05, 0) is 48.9 Å². The van der Waals surface area contributed by atoms with Crippen molar-refractivity contribution in [3.05, 3.63) is 48.5 Å². The Bertz CT molecular complexity index is 1420. The first kappa shape index (κ1) is 23.0. The summed E-state index contributed by atoms with van der Waals surface area (Å²) < 4.78 is 47.0. The maximum atomic E-state index is 13.2. The predicted octanol–water partition coefficient (Wildman–Crippen LogP) is 4.55. The van der Waals surface area contributed by atoms with Gasteiger partial charge < -0.3 is 18.8 Å². The molecule has 4 rings (SSSR count). The first-order valence-corrected chi connectivity index (χ1v) is 12.2. The zero-order valence-electron chi connectivity index (χ0n) is 18.5. The molecule has 0 aliphatic rings. The summed E-state index contributed by atoms with van der Waals surface area (Å²) in [6, 6.07) is 13.9. The molecule has 0 saturated heterocycles. The smallest absolute Gasteiger partial charge is 0.262 e. The van der Waals surface area contributed by atoms with Gasteiger partial charge in [0.15, 0.2) is 0 Å². The molecule has 10 heteroatoms. The number of nitrogens with one attached hydrogen (secondary N) is 1. The van der Waals surface area contributed by atoms with Crippen molar-refractivity contribution in [1.82, 2.24) is 9.55 Å². The molecule has 2 aromatic heterocycles. The number of anilines is 1. The molecule has 8 nitrogen and oxygen atoms in total. The van der Waals surface area contributed by atoms with Crippen LogP contribution in [-0.4, -0.2) is 44.7 Å². The number of aromatic nitrogens is 2. The van der Waals surface area contributed by atoms with Gasteiger partial charge in [-0.15, -0.1) is 11.6 Å². The minimum absolute atomic E-state index is 0.114. The molecule has 0 bridgehead atoms. The monoisotopic (exact) mass is 489 g/mol. The highest BCUT2D eigenvalue weighted by atomic mass is 35.5. The Morgan fingerprint density at radius 3 is 2.42 bits per heavy atom. The second-order valence-corrected chi connectivity index (χ2v) is 9.38. The normalized spacial score (nSPS) is 11.6. The number of fused-ring (bicyclic) bond motifs is 3. The van der Waals surface area contributed by atoms with Crippen LogP contribution in [0.25, 0.3) is 21.8 Å². The number of hydrogen-bond donors (Lipinski definition) is 1. The van der Waals surface area contributed by atoms with Crippen LogP contribution in [-0.2, 0) is 17.1 Å². The lowest BCUT2D eigenvalue weighted by atomic mass is 10.1. The summed E-state index contributed by atoms with van der Waals surface area (Å²) in [5, 5.41) is 1.70. The van der Waals surface area contributed by atoms with Crippen molar-refractivity contribution in [2.45, 2.75) is 11.3 Å². The lowest BCUT2D eigenvalue weighted by Crippen LogP contribution is -2.14. The molecule has 0 aliphatic heterocycles. The topological polar surface area (TPSA) is 91.7 Å². The maximum Gasteiger partial charge on any atom is 0.262 e. The number of hydrogen-bond acceptors (Lipinski definition) is 6. The minimum Gasteiger partial charge on any atom is -0.494 e. The van der Waals surface area contributed by atoms with Gasteiger partial charge in [-0.25, -0.2) is 8.42 Å². The third-order valence-electron chi connectivity index (χ3n) is 5.29. The summed E-state index contributed by atoms with van der Waals surface area (Å²) in [6.07, 6.45) is 0.743. The Morgan fingerprint density at radius 1 is 1.00 bits per heavy atom. The van der Waals surface area contributed by atoms with Crippen LogP contribution in [0.1, 0.15) is 6.42 Å². The van der Waals surface area contributed by atoms with E-state index in [2.05, 4.69) is 9.71 Å². The molecule has 1 N–H and O–H groups in total. The predicted molar refractivity (Wildman–Crippen MR) is 129 cm³/mol. The van der Waals surface area contributed by atoms with Crippen LogP contribution >= 0.6 is 11.6 Å². The van der Waals surface area contributed by atoms with Crippen molar-refractivity contribution in [3.8, 4) is 17.5 Å². The van der Waals surface area contributed by atoms with Crippen molar-refractivity contribution in [1.29, 1.82) is 0 Å². The number of methoxy groups -OCH3 is 2. The van der Waals surface area contributed by atoms with Gasteiger partial charge in [0.1, 0.15) is 11.4 Å². The lowest BCUT2D eigenvalue weighted by Gasteiger charge is -2.12. The molecule has 0 atom stereocenters. The van der Waals surface area contributed by atoms with E-state index < -0.39 is 10.0 Å². The van der Waals surface area contributed by atoms with Gasteiger partial charge in [0.05, 0.1) is 25.7 Å². The molecular weight excluding hydrogens is 466 g/mol. The average Bonchev–Trinajstić information content (AvgIpc) is 3.10. The highest BCUT2D eigenvalue weighted by Gasteiger charge is 2.20. The van der Waals surface area contributed by atoms with Crippen LogP contribution in [0.5, 0.6) is 17.5 Å². The van der Waals surface area contributed by atoms with E-state index >= 15 is 0 Å². The van der Waals surface area contributed by atoms with E-state index in [4.69, 9.17) is 25.8 Å².